The molecule has 2 aromatic heterocycles. The largest absolute Gasteiger partial charge is 0.377 e. The molecule has 0 bridgehead atoms. The molecule has 152 valence electrons. The zero-order chi connectivity index (χ0) is 20.0. The third-order valence-electron chi connectivity index (χ3n) is 5.71. The summed E-state index contributed by atoms with van der Waals surface area (Å²) < 4.78 is 23.2. The monoisotopic (exact) mass is 411 g/mol. The molecular weight excluding hydrogens is 386 g/mol. The Bertz CT molecular complexity index is 1100. The molecule has 7 nitrogen and oxygen atoms in total. The number of ether oxygens (including phenoxy) is 1. The molecule has 0 amide bonds. The van der Waals surface area contributed by atoms with E-state index in [1.165, 1.54) is 5.56 Å². The van der Waals surface area contributed by atoms with Gasteiger partial charge in [-0.05, 0) is 37.3 Å². The Morgan fingerprint density at radius 3 is 2.93 bits per heavy atom. The highest BCUT2D eigenvalue weighted by Gasteiger charge is 2.31. The molecule has 29 heavy (non-hydrogen) atoms. The van der Waals surface area contributed by atoms with E-state index in [-0.39, 0.29) is 11.3 Å². The van der Waals surface area contributed by atoms with Gasteiger partial charge in [0.05, 0.1) is 29.0 Å². The Labute approximate surface area is 171 Å². The molecule has 2 aromatic rings. The number of allylic oxidation sites excluding steroid dienone is 1. The van der Waals surface area contributed by atoms with Crippen molar-refractivity contribution in [1.29, 1.82) is 0 Å². The fraction of sp³-hybridized carbons (Fsp3) is 0.476. The van der Waals surface area contributed by atoms with Crippen molar-refractivity contribution in [2.24, 2.45) is 4.36 Å². The van der Waals surface area contributed by atoms with E-state index in [0.29, 0.717) is 24.9 Å². The van der Waals surface area contributed by atoms with Crippen molar-refractivity contribution >= 4 is 27.4 Å². The molecular formula is C21H25N5O2S. The standard InChI is InChI=1S/C21H25N5O2S/c1-14-13-28-9-8-26(14)20-10-19(25-29(2,27)16-6-7-16)23-21(24-20)18-12-22-11-15-4-3-5-17(15)18/h3,5,10-12,14,16H,4,6-9,13H2,1-2H3/t14-,29+/m1/s1. The van der Waals surface area contributed by atoms with E-state index in [2.05, 4.69) is 33.3 Å². The minimum Gasteiger partial charge on any atom is -0.377 e. The molecule has 0 unspecified atom stereocenters. The minimum absolute atomic E-state index is 0.178. The number of fused-ring (bicyclic) bond motifs is 1. The molecule has 2 aliphatic carbocycles. The van der Waals surface area contributed by atoms with Gasteiger partial charge in [-0.25, -0.2) is 14.2 Å². The lowest BCUT2D eigenvalue weighted by molar-refractivity contribution is 0.0985. The topological polar surface area (TPSA) is 80.6 Å². The number of rotatable bonds is 4. The van der Waals surface area contributed by atoms with Crippen LogP contribution < -0.4 is 4.90 Å². The molecule has 0 spiro atoms. The van der Waals surface area contributed by atoms with Crippen molar-refractivity contribution in [2.75, 3.05) is 30.9 Å². The lowest BCUT2D eigenvalue weighted by Crippen LogP contribution is -2.44. The molecule has 2 atom stereocenters. The predicted octanol–water partition coefficient (Wildman–Crippen LogP) is 3.22. The van der Waals surface area contributed by atoms with Gasteiger partial charge in [-0.3, -0.25) is 4.98 Å². The van der Waals surface area contributed by atoms with Gasteiger partial charge in [0.1, 0.15) is 5.82 Å². The average Bonchev–Trinajstić information content (AvgIpc) is 3.46. The van der Waals surface area contributed by atoms with Gasteiger partial charge in [0.25, 0.3) is 0 Å². The highest BCUT2D eigenvalue weighted by molar-refractivity contribution is 7.93. The van der Waals surface area contributed by atoms with Crippen LogP contribution >= 0.6 is 0 Å². The number of hydrogen-bond acceptors (Lipinski definition) is 7. The van der Waals surface area contributed by atoms with Crippen molar-refractivity contribution in [3.63, 3.8) is 0 Å². The molecule has 2 fully saturated rings. The maximum atomic E-state index is 13.0. The second-order valence-corrected chi connectivity index (χ2v) is 10.6. The van der Waals surface area contributed by atoms with E-state index in [4.69, 9.17) is 14.7 Å². The van der Waals surface area contributed by atoms with Crippen LogP contribution in [0.1, 0.15) is 30.9 Å². The summed E-state index contributed by atoms with van der Waals surface area (Å²) in [5.41, 5.74) is 3.18. The van der Waals surface area contributed by atoms with Gasteiger partial charge < -0.3 is 9.64 Å². The number of anilines is 1. The van der Waals surface area contributed by atoms with E-state index in [1.54, 1.807) is 6.26 Å². The predicted molar refractivity (Wildman–Crippen MR) is 115 cm³/mol. The molecule has 0 aromatic carbocycles. The van der Waals surface area contributed by atoms with E-state index in [0.717, 1.165) is 42.8 Å². The zero-order valence-corrected chi connectivity index (χ0v) is 17.6. The zero-order valence-electron chi connectivity index (χ0n) is 16.7. The van der Waals surface area contributed by atoms with Gasteiger partial charge in [-0.15, -0.1) is 0 Å². The van der Waals surface area contributed by atoms with Crippen LogP contribution in [0.15, 0.2) is 28.9 Å². The summed E-state index contributed by atoms with van der Waals surface area (Å²) in [6.45, 7) is 4.19. The molecule has 1 aliphatic heterocycles. The molecule has 1 saturated carbocycles. The number of aromatic nitrogens is 3. The lowest BCUT2D eigenvalue weighted by Gasteiger charge is -2.34. The molecule has 5 rings (SSSR count). The molecule has 0 N–H and O–H groups in total. The van der Waals surface area contributed by atoms with Crippen LogP contribution in [0.5, 0.6) is 0 Å². The highest BCUT2D eigenvalue weighted by Crippen LogP contribution is 2.34. The minimum atomic E-state index is -2.30. The third kappa shape index (κ3) is 3.67. The Morgan fingerprint density at radius 2 is 2.14 bits per heavy atom. The first-order valence-electron chi connectivity index (χ1n) is 10.1. The van der Waals surface area contributed by atoms with Gasteiger partial charge in [0, 0.05) is 42.1 Å². The normalized spacial score (nSPS) is 23.0. The molecule has 0 radical (unpaired) electrons. The first-order valence-corrected chi connectivity index (χ1v) is 12.1. The molecule has 1 saturated heterocycles. The van der Waals surface area contributed by atoms with Crippen molar-refractivity contribution in [3.05, 3.63) is 35.7 Å². The van der Waals surface area contributed by atoms with Crippen molar-refractivity contribution in [2.45, 2.75) is 37.5 Å². The van der Waals surface area contributed by atoms with E-state index >= 15 is 0 Å². The smallest absolute Gasteiger partial charge is 0.167 e. The van der Waals surface area contributed by atoms with Crippen molar-refractivity contribution < 1.29 is 8.95 Å². The van der Waals surface area contributed by atoms with Crippen LogP contribution in [0.3, 0.4) is 0 Å². The van der Waals surface area contributed by atoms with Crippen LogP contribution in [0.4, 0.5) is 11.6 Å². The van der Waals surface area contributed by atoms with Crippen LogP contribution in [0, 0.1) is 0 Å². The summed E-state index contributed by atoms with van der Waals surface area (Å²) in [4.78, 5) is 16.2. The number of morpholine rings is 1. The maximum Gasteiger partial charge on any atom is 0.167 e. The summed E-state index contributed by atoms with van der Waals surface area (Å²) in [6, 6.07) is 2.07. The summed E-state index contributed by atoms with van der Waals surface area (Å²) >= 11 is 0. The van der Waals surface area contributed by atoms with Crippen LogP contribution in [0.2, 0.25) is 0 Å². The fourth-order valence-corrected chi connectivity index (χ4v) is 5.55. The fourth-order valence-electron chi connectivity index (χ4n) is 3.92. The second-order valence-electron chi connectivity index (χ2n) is 8.04. The first-order chi connectivity index (χ1) is 14.0. The quantitative estimate of drug-likeness (QED) is 0.768. The van der Waals surface area contributed by atoms with Crippen LogP contribution in [-0.4, -0.2) is 56.5 Å². The van der Waals surface area contributed by atoms with E-state index in [1.807, 2.05) is 18.5 Å². The number of pyridine rings is 1. The Balaban J connectivity index is 1.65. The average molecular weight is 412 g/mol. The van der Waals surface area contributed by atoms with Gasteiger partial charge in [0.15, 0.2) is 11.6 Å². The second kappa shape index (κ2) is 7.18. The Hall–Kier alpha value is -2.32. The third-order valence-corrected chi connectivity index (χ3v) is 7.97. The van der Waals surface area contributed by atoms with Gasteiger partial charge in [-0.2, -0.15) is 4.36 Å². The maximum absolute atomic E-state index is 13.0. The van der Waals surface area contributed by atoms with Crippen LogP contribution in [0.25, 0.3) is 17.5 Å². The van der Waals surface area contributed by atoms with Gasteiger partial charge >= 0.3 is 0 Å². The summed E-state index contributed by atoms with van der Waals surface area (Å²) in [7, 11) is -2.30. The van der Waals surface area contributed by atoms with E-state index in [9.17, 15) is 4.21 Å². The molecule has 3 heterocycles. The molecule has 8 heteroatoms. The molecule has 3 aliphatic rings. The van der Waals surface area contributed by atoms with Crippen molar-refractivity contribution in [1.82, 2.24) is 15.0 Å². The lowest BCUT2D eigenvalue weighted by atomic mass is 10.1. The SMILES string of the molecule is C[C@@H]1COCCN1c1cc(N=[S@@](C)(=O)C2CC2)nc(-c2cncc3c2C=CC3)n1. The Kier molecular flexibility index (Phi) is 4.63. The summed E-state index contributed by atoms with van der Waals surface area (Å²) in [5, 5.41) is 0.178. The summed E-state index contributed by atoms with van der Waals surface area (Å²) in [6.07, 6.45) is 12.5. The van der Waals surface area contributed by atoms with Gasteiger partial charge in [-0.1, -0.05) is 12.2 Å². The van der Waals surface area contributed by atoms with Crippen LogP contribution in [-0.2, 0) is 20.9 Å². The highest BCUT2D eigenvalue weighted by atomic mass is 32.2. The number of hydrogen-bond donors (Lipinski definition) is 0. The van der Waals surface area contributed by atoms with E-state index < -0.39 is 9.73 Å². The Morgan fingerprint density at radius 1 is 1.28 bits per heavy atom. The van der Waals surface area contributed by atoms with Crippen molar-refractivity contribution in [3.8, 4) is 11.4 Å². The number of nitrogens with zero attached hydrogens (tertiary/aromatic N) is 5. The summed E-state index contributed by atoms with van der Waals surface area (Å²) in [5.74, 6) is 1.87. The first kappa shape index (κ1) is 18.7. The van der Waals surface area contributed by atoms with Gasteiger partial charge in [0.2, 0.25) is 0 Å².